The van der Waals surface area contributed by atoms with Crippen molar-refractivity contribution in [3.63, 3.8) is 0 Å². The highest BCUT2D eigenvalue weighted by molar-refractivity contribution is 5.88. The summed E-state index contributed by atoms with van der Waals surface area (Å²) in [5.74, 6) is 7.15. The van der Waals surface area contributed by atoms with Gasteiger partial charge in [-0.05, 0) is 25.2 Å². The van der Waals surface area contributed by atoms with Crippen molar-refractivity contribution in [2.75, 3.05) is 19.4 Å². The number of carbonyl (C=O) groups excluding carboxylic acids is 1. The van der Waals surface area contributed by atoms with E-state index in [9.17, 15) is 15.0 Å². The van der Waals surface area contributed by atoms with Crippen LogP contribution in [0.1, 0.15) is 31.1 Å². The van der Waals surface area contributed by atoms with Crippen LogP contribution in [0.5, 0.6) is 0 Å². The van der Waals surface area contributed by atoms with E-state index < -0.39 is 23.7 Å². The largest absolute Gasteiger partial charge is 0.389 e. The van der Waals surface area contributed by atoms with Crippen LogP contribution in [0.15, 0.2) is 6.33 Å². The molecular weight excluding hydrogens is 360 g/mol. The van der Waals surface area contributed by atoms with Gasteiger partial charge in [0.1, 0.15) is 6.10 Å². The maximum atomic E-state index is 12.4. The molecule has 5 rings (SSSR count). The van der Waals surface area contributed by atoms with Gasteiger partial charge in [-0.25, -0.2) is 15.0 Å². The summed E-state index contributed by atoms with van der Waals surface area (Å²) >= 11 is 0. The van der Waals surface area contributed by atoms with Gasteiger partial charge in [0.25, 0.3) is 0 Å². The van der Waals surface area contributed by atoms with Gasteiger partial charge in [-0.2, -0.15) is 0 Å². The summed E-state index contributed by atoms with van der Waals surface area (Å²) in [7, 11) is 3.30. The Morgan fingerprint density at radius 2 is 2.11 bits per heavy atom. The van der Waals surface area contributed by atoms with Gasteiger partial charge >= 0.3 is 0 Å². The highest BCUT2D eigenvalue weighted by atomic mass is 16.3. The Hall–Kier alpha value is -2.70. The fraction of sp³-hybridized carbons (Fsp3) is 0.579. The molecule has 146 valence electrons. The lowest BCUT2D eigenvalue weighted by molar-refractivity contribution is -0.132. The first-order valence-electron chi connectivity index (χ1n) is 9.53. The topological polar surface area (TPSA) is 125 Å². The zero-order valence-electron chi connectivity index (χ0n) is 15.7. The molecule has 2 heterocycles. The van der Waals surface area contributed by atoms with E-state index in [0.717, 1.165) is 12.8 Å². The van der Waals surface area contributed by atoms with Gasteiger partial charge in [0.05, 0.1) is 23.9 Å². The minimum absolute atomic E-state index is 0.177. The first-order chi connectivity index (χ1) is 13.5. The van der Waals surface area contributed by atoms with Gasteiger partial charge in [-0.1, -0.05) is 5.92 Å². The summed E-state index contributed by atoms with van der Waals surface area (Å²) in [4.78, 5) is 25.8. The predicted molar refractivity (Wildman–Crippen MR) is 100 cm³/mol. The standard InChI is InChI=1S/C19H22N6O3/c1-20-16-12-17(24-11(23-16)6-5-9-3-4-9)25(8-22-12)13-10-7-19(10,18(28)21-2)15(27)14(13)26/h8-10,13-15,26-27H,3-4,7H2,1-2H3,(H,21,28)(H,20,23,24)/t10-,13-,14+,15+,19+/m1/s1. The van der Waals surface area contributed by atoms with Crippen molar-refractivity contribution in [3.8, 4) is 11.8 Å². The van der Waals surface area contributed by atoms with Gasteiger partial charge in [-0.3, -0.25) is 4.79 Å². The molecule has 0 bridgehead atoms. The van der Waals surface area contributed by atoms with Crippen molar-refractivity contribution in [2.45, 2.75) is 37.5 Å². The van der Waals surface area contributed by atoms with Gasteiger partial charge in [0, 0.05) is 25.9 Å². The molecule has 5 atom stereocenters. The Morgan fingerprint density at radius 3 is 2.79 bits per heavy atom. The molecule has 0 aliphatic heterocycles. The first-order valence-corrected chi connectivity index (χ1v) is 9.53. The number of hydrogen-bond donors (Lipinski definition) is 4. The first kappa shape index (κ1) is 17.4. The fourth-order valence-electron chi connectivity index (χ4n) is 4.55. The van der Waals surface area contributed by atoms with Gasteiger partial charge in [0.15, 0.2) is 17.0 Å². The third-order valence-corrected chi connectivity index (χ3v) is 6.27. The number of imidazole rings is 1. The van der Waals surface area contributed by atoms with Gasteiger partial charge in [-0.15, -0.1) is 0 Å². The van der Waals surface area contributed by atoms with Crippen molar-refractivity contribution >= 4 is 22.9 Å². The molecule has 28 heavy (non-hydrogen) atoms. The minimum atomic E-state index is -1.13. The minimum Gasteiger partial charge on any atom is -0.389 e. The van der Waals surface area contributed by atoms with Crippen LogP contribution in [0.4, 0.5) is 5.82 Å². The van der Waals surface area contributed by atoms with E-state index >= 15 is 0 Å². The molecule has 3 fully saturated rings. The smallest absolute Gasteiger partial charge is 0.229 e. The number of nitrogens with zero attached hydrogens (tertiary/aromatic N) is 4. The third-order valence-electron chi connectivity index (χ3n) is 6.27. The van der Waals surface area contributed by atoms with Crippen LogP contribution < -0.4 is 10.6 Å². The molecule has 0 saturated heterocycles. The van der Waals surface area contributed by atoms with E-state index in [4.69, 9.17) is 0 Å². The molecule has 2 aromatic heterocycles. The van der Waals surface area contributed by atoms with Crippen molar-refractivity contribution in [1.29, 1.82) is 0 Å². The van der Waals surface area contributed by atoms with E-state index in [1.54, 1.807) is 25.0 Å². The van der Waals surface area contributed by atoms with Crippen LogP contribution in [0.2, 0.25) is 0 Å². The zero-order chi connectivity index (χ0) is 19.6. The van der Waals surface area contributed by atoms with Gasteiger partial charge < -0.3 is 25.4 Å². The highest BCUT2D eigenvalue weighted by Crippen LogP contribution is 2.67. The maximum absolute atomic E-state index is 12.4. The van der Waals surface area contributed by atoms with E-state index in [2.05, 4.69) is 37.4 Å². The SMILES string of the molecule is CNC(=O)[C@@]12C[C@@H]1[C@@H](n1cnc3c(NC)nc(C#CC4CC4)nc31)[C@H](O)[C@@H]2O. The zero-order valence-corrected chi connectivity index (χ0v) is 15.7. The second-order valence-corrected chi connectivity index (χ2v) is 7.87. The van der Waals surface area contributed by atoms with Crippen LogP contribution in [0.25, 0.3) is 11.2 Å². The average Bonchev–Trinajstić information content (AvgIpc) is 3.61. The Bertz CT molecular complexity index is 1040. The quantitative estimate of drug-likeness (QED) is 0.535. The van der Waals surface area contributed by atoms with Crippen LogP contribution in [0, 0.1) is 29.1 Å². The summed E-state index contributed by atoms with van der Waals surface area (Å²) in [5.41, 5.74) is 0.165. The third kappa shape index (κ3) is 2.28. The Balaban J connectivity index is 1.59. The van der Waals surface area contributed by atoms with Gasteiger partial charge in [0.2, 0.25) is 11.7 Å². The molecule has 1 amide bonds. The van der Waals surface area contributed by atoms with Crippen molar-refractivity contribution in [1.82, 2.24) is 24.8 Å². The van der Waals surface area contributed by atoms with Crippen LogP contribution in [-0.4, -0.2) is 61.9 Å². The molecule has 0 radical (unpaired) electrons. The molecule has 2 aromatic rings. The number of hydrogen-bond acceptors (Lipinski definition) is 7. The molecule has 0 spiro atoms. The lowest BCUT2D eigenvalue weighted by atomic mass is 9.98. The molecule has 3 saturated carbocycles. The molecule has 0 aromatic carbocycles. The molecule has 4 N–H and O–H groups in total. The van der Waals surface area contributed by atoms with Crippen LogP contribution in [-0.2, 0) is 4.79 Å². The van der Waals surface area contributed by atoms with Crippen molar-refractivity contribution in [3.05, 3.63) is 12.2 Å². The van der Waals surface area contributed by atoms with E-state index in [-0.39, 0.29) is 11.8 Å². The molecular formula is C19H22N6O3. The van der Waals surface area contributed by atoms with Crippen LogP contribution >= 0.6 is 0 Å². The number of aromatic nitrogens is 4. The maximum Gasteiger partial charge on any atom is 0.229 e. The summed E-state index contributed by atoms with van der Waals surface area (Å²) < 4.78 is 1.76. The molecule has 9 heteroatoms. The van der Waals surface area contributed by atoms with Crippen molar-refractivity contribution < 1.29 is 15.0 Å². The summed E-state index contributed by atoms with van der Waals surface area (Å²) in [6, 6.07) is -0.485. The Morgan fingerprint density at radius 1 is 1.32 bits per heavy atom. The highest BCUT2D eigenvalue weighted by Gasteiger charge is 2.75. The Labute approximate surface area is 161 Å². The summed E-state index contributed by atoms with van der Waals surface area (Å²) in [6.07, 6.45) is 2.13. The molecule has 3 aliphatic carbocycles. The summed E-state index contributed by atoms with van der Waals surface area (Å²) in [5, 5.41) is 26.9. The number of rotatable bonds is 3. The lowest BCUT2D eigenvalue weighted by Gasteiger charge is -2.23. The average molecular weight is 382 g/mol. The predicted octanol–water partition coefficient (Wildman–Crippen LogP) is -0.342. The molecule has 9 nitrogen and oxygen atoms in total. The Kier molecular flexibility index (Phi) is 3.66. The molecule has 0 unspecified atom stereocenters. The monoisotopic (exact) mass is 382 g/mol. The van der Waals surface area contributed by atoms with Crippen molar-refractivity contribution in [2.24, 2.45) is 17.3 Å². The van der Waals surface area contributed by atoms with Crippen LogP contribution in [0.3, 0.4) is 0 Å². The second kappa shape index (κ2) is 5.90. The van der Waals surface area contributed by atoms with E-state index in [0.29, 0.717) is 35.1 Å². The number of nitrogens with one attached hydrogen (secondary N) is 2. The van der Waals surface area contributed by atoms with E-state index in [1.165, 1.54) is 0 Å². The second-order valence-electron chi connectivity index (χ2n) is 7.87. The number of aliphatic hydroxyl groups excluding tert-OH is 2. The normalized spacial score (nSPS) is 33.1. The van der Waals surface area contributed by atoms with E-state index in [1.807, 2.05) is 0 Å². The molecule has 3 aliphatic rings. The lowest BCUT2D eigenvalue weighted by Crippen LogP contribution is -2.41. The fourth-order valence-corrected chi connectivity index (χ4v) is 4.55. The number of aliphatic hydroxyl groups is 2. The number of amides is 1. The number of anilines is 1. The number of fused-ring (bicyclic) bond motifs is 2. The number of carbonyl (C=O) groups is 1. The summed E-state index contributed by atoms with van der Waals surface area (Å²) in [6.45, 7) is 0.